The van der Waals surface area contributed by atoms with Crippen molar-refractivity contribution in [2.24, 2.45) is 0 Å². The second kappa shape index (κ2) is 5.00. The van der Waals surface area contributed by atoms with Crippen LogP contribution in [0, 0.1) is 0 Å². The first kappa shape index (κ1) is 12.7. The number of rotatable bonds is 3. The van der Waals surface area contributed by atoms with Crippen LogP contribution in [-0.2, 0) is 11.2 Å². The number of carbonyl (C=O) groups excluding carboxylic acids is 1. The molecule has 3 nitrogen and oxygen atoms in total. The summed E-state index contributed by atoms with van der Waals surface area (Å²) in [5.41, 5.74) is 4.10. The topological polar surface area (TPSA) is 38.3 Å². The molecule has 0 atom stereocenters. The molecule has 0 aliphatic carbocycles. The van der Waals surface area contributed by atoms with E-state index in [1.165, 1.54) is 0 Å². The summed E-state index contributed by atoms with van der Waals surface area (Å²) in [4.78, 5) is 11.4. The quantitative estimate of drug-likeness (QED) is 0.922. The SMILES string of the molecule is CC(C)Oc1ccccc1-c1ccc2c(c1)CC(=O)N2. The Morgan fingerprint density at radius 1 is 1.15 bits per heavy atom. The molecule has 3 rings (SSSR count). The number of carbonyl (C=O) groups is 1. The molecular formula is C17H17NO2. The molecule has 2 aromatic rings. The number of nitrogens with one attached hydrogen (secondary N) is 1. The lowest BCUT2D eigenvalue weighted by molar-refractivity contribution is -0.115. The van der Waals surface area contributed by atoms with E-state index in [0.717, 1.165) is 28.1 Å². The van der Waals surface area contributed by atoms with Gasteiger partial charge >= 0.3 is 0 Å². The van der Waals surface area contributed by atoms with Gasteiger partial charge in [0.05, 0.1) is 12.5 Å². The third-order valence-corrected chi connectivity index (χ3v) is 3.29. The number of para-hydroxylation sites is 1. The van der Waals surface area contributed by atoms with Crippen LogP contribution in [-0.4, -0.2) is 12.0 Å². The summed E-state index contributed by atoms with van der Waals surface area (Å²) in [5.74, 6) is 0.934. The Bertz CT molecular complexity index is 662. The lowest BCUT2D eigenvalue weighted by Gasteiger charge is -2.14. The van der Waals surface area contributed by atoms with Crippen molar-refractivity contribution in [3.63, 3.8) is 0 Å². The highest BCUT2D eigenvalue weighted by Gasteiger charge is 2.18. The Morgan fingerprint density at radius 3 is 2.75 bits per heavy atom. The third-order valence-electron chi connectivity index (χ3n) is 3.29. The van der Waals surface area contributed by atoms with Gasteiger partial charge in [0.2, 0.25) is 5.91 Å². The standard InChI is InChI=1S/C17H17NO2/c1-11(2)20-16-6-4-3-5-14(16)12-7-8-15-13(9-12)10-17(19)18-15/h3-9,11H,10H2,1-2H3,(H,18,19). The van der Waals surface area contributed by atoms with Crippen LogP contribution in [0.5, 0.6) is 5.75 Å². The molecule has 0 saturated heterocycles. The molecule has 1 heterocycles. The van der Waals surface area contributed by atoms with Crippen molar-refractivity contribution in [1.29, 1.82) is 0 Å². The zero-order valence-electron chi connectivity index (χ0n) is 11.6. The molecular weight excluding hydrogens is 250 g/mol. The second-order valence-corrected chi connectivity index (χ2v) is 5.26. The van der Waals surface area contributed by atoms with Crippen molar-refractivity contribution in [3.8, 4) is 16.9 Å². The number of fused-ring (bicyclic) bond motifs is 1. The van der Waals surface area contributed by atoms with Crippen LogP contribution in [0.1, 0.15) is 19.4 Å². The fourth-order valence-electron chi connectivity index (χ4n) is 2.46. The van der Waals surface area contributed by atoms with E-state index in [-0.39, 0.29) is 12.0 Å². The van der Waals surface area contributed by atoms with E-state index in [2.05, 4.69) is 11.4 Å². The van der Waals surface area contributed by atoms with E-state index < -0.39 is 0 Å². The molecule has 0 unspecified atom stereocenters. The molecule has 0 aromatic heterocycles. The van der Waals surface area contributed by atoms with E-state index in [0.29, 0.717) is 6.42 Å². The highest BCUT2D eigenvalue weighted by atomic mass is 16.5. The third kappa shape index (κ3) is 2.39. The van der Waals surface area contributed by atoms with Gasteiger partial charge in [-0.2, -0.15) is 0 Å². The van der Waals surface area contributed by atoms with E-state index in [1.54, 1.807) is 0 Å². The van der Waals surface area contributed by atoms with Crippen LogP contribution in [0.4, 0.5) is 5.69 Å². The zero-order valence-corrected chi connectivity index (χ0v) is 11.6. The average molecular weight is 267 g/mol. The first-order chi connectivity index (χ1) is 9.63. The molecule has 0 bridgehead atoms. The van der Waals surface area contributed by atoms with Crippen LogP contribution in [0.15, 0.2) is 42.5 Å². The van der Waals surface area contributed by atoms with Gasteiger partial charge in [-0.05, 0) is 43.2 Å². The summed E-state index contributed by atoms with van der Waals surface area (Å²) < 4.78 is 5.86. The maximum absolute atomic E-state index is 11.4. The van der Waals surface area contributed by atoms with E-state index in [4.69, 9.17) is 4.74 Å². The van der Waals surface area contributed by atoms with Gasteiger partial charge in [-0.3, -0.25) is 4.79 Å². The molecule has 102 valence electrons. The van der Waals surface area contributed by atoms with Crippen molar-refractivity contribution < 1.29 is 9.53 Å². The van der Waals surface area contributed by atoms with Crippen LogP contribution in [0.3, 0.4) is 0 Å². The van der Waals surface area contributed by atoms with E-state index >= 15 is 0 Å². The zero-order chi connectivity index (χ0) is 14.1. The van der Waals surface area contributed by atoms with Gasteiger partial charge in [-0.25, -0.2) is 0 Å². The number of hydrogen-bond acceptors (Lipinski definition) is 2. The summed E-state index contributed by atoms with van der Waals surface area (Å²) in [7, 11) is 0. The summed E-state index contributed by atoms with van der Waals surface area (Å²) in [6, 6.07) is 14.0. The number of hydrogen-bond donors (Lipinski definition) is 1. The van der Waals surface area contributed by atoms with Crippen LogP contribution < -0.4 is 10.1 Å². The van der Waals surface area contributed by atoms with Gasteiger partial charge in [0.1, 0.15) is 5.75 Å². The average Bonchev–Trinajstić information content (AvgIpc) is 2.77. The minimum absolute atomic E-state index is 0.0591. The van der Waals surface area contributed by atoms with Crippen LogP contribution >= 0.6 is 0 Å². The van der Waals surface area contributed by atoms with Crippen LogP contribution in [0.2, 0.25) is 0 Å². The molecule has 1 N–H and O–H groups in total. The summed E-state index contributed by atoms with van der Waals surface area (Å²) >= 11 is 0. The maximum atomic E-state index is 11.4. The molecule has 1 amide bonds. The minimum Gasteiger partial charge on any atom is -0.490 e. The van der Waals surface area contributed by atoms with Crippen molar-refractivity contribution >= 4 is 11.6 Å². The summed E-state index contributed by atoms with van der Waals surface area (Å²) in [5, 5.41) is 2.85. The molecule has 2 aromatic carbocycles. The van der Waals surface area contributed by atoms with Crippen LogP contribution in [0.25, 0.3) is 11.1 Å². The van der Waals surface area contributed by atoms with Crippen molar-refractivity contribution in [2.75, 3.05) is 5.32 Å². The van der Waals surface area contributed by atoms with E-state index in [9.17, 15) is 4.79 Å². The second-order valence-electron chi connectivity index (χ2n) is 5.26. The molecule has 0 spiro atoms. The molecule has 0 fully saturated rings. The van der Waals surface area contributed by atoms with Gasteiger partial charge < -0.3 is 10.1 Å². The normalized spacial score (nSPS) is 13.2. The van der Waals surface area contributed by atoms with Gasteiger partial charge in [0.25, 0.3) is 0 Å². The van der Waals surface area contributed by atoms with Gasteiger partial charge in [-0.1, -0.05) is 24.3 Å². The Morgan fingerprint density at radius 2 is 1.95 bits per heavy atom. The van der Waals surface area contributed by atoms with Gasteiger partial charge in [0, 0.05) is 11.3 Å². The number of anilines is 1. The van der Waals surface area contributed by atoms with Gasteiger partial charge in [-0.15, -0.1) is 0 Å². The van der Waals surface area contributed by atoms with Crippen molar-refractivity contribution in [1.82, 2.24) is 0 Å². The number of amides is 1. The fraction of sp³-hybridized carbons (Fsp3) is 0.235. The Hall–Kier alpha value is -2.29. The Balaban J connectivity index is 2.02. The molecule has 1 aliphatic heterocycles. The summed E-state index contributed by atoms with van der Waals surface area (Å²) in [6.07, 6.45) is 0.588. The predicted octanol–water partition coefficient (Wildman–Crippen LogP) is 3.64. The predicted molar refractivity (Wildman–Crippen MR) is 80.0 cm³/mol. The first-order valence-electron chi connectivity index (χ1n) is 6.82. The van der Waals surface area contributed by atoms with Crippen molar-refractivity contribution in [3.05, 3.63) is 48.0 Å². The molecule has 0 radical (unpaired) electrons. The smallest absolute Gasteiger partial charge is 0.228 e. The first-order valence-corrected chi connectivity index (χ1v) is 6.82. The maximum Gasteiger partial charge on any atom is 0.228 e. The van der Waals surface area contributed by atoms with Gasteiger partial charge in [0.15, 0.2) is 0 Å². The largest absolute Gasteiger partial charge is 0.490 e. The number of ether oxygens (including phenoxy) is 1. The summed E-state index contributed by atoms with van der Waals surface area (Å²) in [6.45, 7) is 4.03. The van der Waals surface area contributed by atoms with Crippen molar-refractivity contribution in [2.45, 2.75) is 26.4 Å². The Kier molecular flexibility index (Phi) is 3.18. The molecule has 1 aliphatic rings. The lowest BCUT2D eigenvalue weighted by Crippen LogP contribution is -2.06. The lowest BCUT2D eigenvalue weighted by atomic mass is 10.0. The minimum atomic E-state index is 0.0591. The Labute approximate surface area is 118 Å². The molecule has 3 heteroatoms. The highest BCUT2D eigenvalue weighted by Crippen LogP contribution is 2.34. The highest BCUT2D eigenvalue weighted by molar-refractivity contribution is 5.99. The molecule has 0 saturated carbocycles. The van der Waals surface area contributed by atoms with E-state index in [1.807, 2.05) is 50.2 Å². The molecule has 20 heavy (non-hydrogen) atoms. The monoisotopic (exact) mass is 267 g/mol. The fourth-order valence-corrected chi connectivity index (χ4v) is 2.46. The number of benzene rings is 2.